The van der Waals surface area contributed by atoms with Crippen LogP contribution in [0.3, 0.4) is 0 Å². The van der Waals surface area contributed by atoms with Gasteiger partial charge in [0.05, 0.1) is 11.4 Å². The summed E-state index contributed by atoms with van der Waals surface area (Å²) >= 11 is 0. The molecule has 4 heterocycles. The third-order valence-electron chi connectivity index (χ3n) is 8.45. The molecule has 5 rings (SSSR count). The highest BCUT2D eigenvalue weighted by molar-refractivity contribution is 5.57. The van der Waals surface area contributed by atoms with Gasteiger partial charge in [-0.3, -0.25) is 0 Å². The molecule has 0 bridgehead atoms. The van der Waals surface area contributed by atoms with Crippen LogP contribution in [0.5, 0.6) is 0 Å². The van der Waals surface area contributed by atoms with Gasteiger partial charge in [0.15, 0.2) is 0 Å². The molecule has 0 aliphatic carbocycles. The van der Waals surface area contributed by atoms with Crippen LogP contribution in [0.15, 0.2) is 42.5 Å². The Hall–Kier alpha value is -2.90. The number of benzene rings is 1. The topological polar surface area (TPSA) is 61.2 Å². The molecular formula is C32H47N7. The third kappa shape index (κ3) is 7.00. The number of anilines is 2. The van der Waals surface area contributed by atoms with Crippen molar-refractivity contribution in [1.29, 1.82) is 0 Å². The van der Waals surface area contributed by atoms with Crippen LogP contribution in [0.25, 0.3) is 5.69 Å². The van der Waals surface area contributed by atoms with Gasteiger partial charge in [0.2, 0.25) is 0 Å². The first kappa shape index (κ1) is 27.7. The van der Waals surface area contributed by atoms with E-state index in [1.165, 1.54) is 54.3 Å². The molecule has 2 atom stereocenters. The van der Waals surface area contributed by atoms with Crippen LogP contribution in [-0.4, -0.2) is 72.0 Å². The molecule has 7 nitrogen and oxygen atoms in total. The summed E-state index contributed by atoms with van der Waals surface area (Å²) in [5.74, 6) is 2.27. The molecule has 210 valence electrons. The van der Waals surface area contributed by atoms with Gasteiger partial charge in [-0.05, 0) is 107 Å². The van der Waals surface area contributed by atoms with Gasteiger partial charge >= 0.3 is 0 Å². The molecular weight excluding hydrogens is 482 g/mol. The van der Waals surface area contributed by atoms with Crippen molar-refractivity contribution < 1.29 is 0 Å². The molecule has 0 radical (unpaired) electrons. The Balaban J connectivity index is 1.28. The van der Waals surface area contributed by atoms with Crippen LogP contribution >= 0.6 is 0 Å². The minimum atomic E-state index is 0.515. The molecule has 2 aliphatic heterocycles. The standard InChI is InChI=1S/C32H47N7/c1-5-27(23-37-15-12-26(22-37)10-11-29-8-7-9-32(35-29)34-6-2)28-19-30(38-16-13-33-14-17-38)21-31(20-28)39-25(4)18-24(3)36-39/h7-9,18-21,26-27,33H,5-6,10-17,22-23H2,1-4H3,(H,34,35). The summed E-state index contributed by atoms with van der Waals surface area (Å²) in [5, 5.41) is 11.7. The summed E-state index contributed by atoms with van der Waals surface area (Å²) in [4.78, 5) is 10.0. The molecule has 2 aliphatic rings. The zero-order valence-corrected chi connectivity index (χ0v) is 24.4. The van der Waals surface area contributed by atoms with Crippen LogP contribution in [-0.2, 0) is 6.42 Å². The van der Waals surface area contributed by atoms with Crippen molar-refractivity contribution in [2.75, 3.05) is 62.6 Å². The van der Waals surface area contributed by atoms with Crippen LogP contribution in [0, 0.1) is 19.8 Å². The molecule has 0 spiro atoms. The molecule has 1 aromatic carbocycles. The molecule has 2 N–H and O–H groups in total. The highest BCUT2D eigenvalue weighted by atomic mass is 15.3. The van der Waals surface area contributed by atoms with Gasteiger partial charge in [0.25, 0.3) is 0 Å². The van der Waals surface area contributed by atoms with E-state index in [-0.39, 0.29) is 0 Å². The predicted molar refractivity (Wildman–Crippen MR) is 162 cm³/mol. The summed E-state index contributed by atoms with van der Waals surface area (Å²) in [6, 6.07) is 15.7. The van der Waals surface area contributed by atoms with Crippen molar-refractivity contribution in [1.82, 2.24) is 25.0 Å². The summed E-state index contributed by atoms with van der Waals surface area (Å²) in [5.41, 5.74) is 7.44. The Morgan fingerprint density at radius 2 is 1.85 bits per heavy atom. The molecule has 39 heavy (non-hydrogen) atoms. The van der Waals surface area contributed by atoms with Crippen LogP contribution in [0.2, 0.25) is 0 Å². The number of nitrogens with one attached hydrogen (secondary N) is 2. The zero-order chi connectivity index (χ0) is 27.2. The molecule has 0 saturated carbocycles. The number of pyridine rings is 1. The van der Waals surface area contributed by atoms with Crippen molar-refractivity contribution in [3.63, 3.8) is 0 Å². The van der Waals surface area contributed by atoms with Gasteiger partial charge in [-0.2, -0.15) is 5.10 Å². The maximum absolute atomic E-state index is 4.83. The second kappa shape index (κ2) is 13.0. The number of hydrogen-bond donors (Lipinski definition) is 2. The lowest BCUT2D eigenvalue weighted by atomic mass is 9.94. The average Bonchev–Trinajstić information content (AvgIpc) is 3.56. The minimum absolute atomic E-state index is 0.515. The number of piperazine rings is 1. The van der Waals surface area contributed by atoms with E-state index in [9.17, 15) is 0 Å². The van der Waals surface area contributed by atoms with Gasteiger partial charge in [-0.1, -0.05) is 13.0 Å². The van der Waals surface area contributed by atoms with Crippen LogP contribution in [0.4, 0.5) is 11.5 Å². The van der Waals surface area contributed by atoms with Gasteiger partial charge in [-0.15, -0.1) is 0 Å². The van der Waals surface area contributed by atoms with Crippen molar-refractivity contribution >= 4 is 11.5 Å². The van der Waals surface area contributed by atoms with E-state index >= 15 is 0 Å². The molecule has 2 aromatic heterocycles. The lowest BCUT2D eigenvalue weighted by Gasteiger charge is -2.31. The van der Waals surface area contributed by atoms with E-state index in [4.69, 9.17) is 10.1 Å². The average molecular weight is 530 g/mol. The number of aromatic nitrogens is 3. The summed E-state index contributed by atoms with van der Waals surface area (Å²) in [6.07, 6.45) is 4.72. The fourth-order valence-corrected chi connectivity index (χ4v) is 6.32. The predicted octanol–water partition coefficient (Wildman–Crippen LogP) is 5.17. The highest BCUT2D eigenvalue weighted by Crippen LogP contribution is 2.31. The van der Waals surface area contributed by atoms with E-state index in [2.05, 4.69) is 95.3 Å². The third-order valence-corrected chi connectivity index (χ3v) is 8.45. The summed E-state index contributed by atoms with van der Waals surface area (Å²) < 4.78 is 2.13. The highest BCUT2D eigenvalue weighted by Gasteiger charge is 2.26. The Morgan fingerprint density at radius 3 is 2.59 bits per heavy atom. The Labute approximate surface area is 235 Å². The van der Waals surface area contributed by atoms with Crippen molar-refractivity contribution in [2.45, 2.75) is 59.3 Å². The molecule has 7 heteroatoms. The molecule has 2 unspecified atom stereocenters. The first-order valence-electron chi connectivity index (χ1n) is 15.1. The SMILES string of the molecule is CCNc1cccc(CCC2CCN(CC(CC)c3cc(N4CCNCC4)cc(-n4nc(C)cc4C)c3)C2)n1. The molecule has 2 saturated heterocycles. The fourth-order valence-electron chi connectivity index (χ4n) is 6.32. The minimum Gasteiger partial charge on any atom is -0.370 e. The number of nitrogens with zero attached hydrogens (tertiary/aromatic N) is 5. The summed E-state index contributed by atoms with van der Waals surface area (Å²) in [7, 11) is 0. The monoisotopic (exact) mass is 529 g/mol. The maximum Gasteiger partial charge on any atom is 0.126 e. The van der Waals surface area contributed by atoms with E-state index < -0.39 is 0 Å². The van der Waals surface area contributed by atoms with Gasteiger partial charge in [0.1, 0.15) is 5.82 Å². The van der Waals surface area contributed by atoms with Crippen molar-refractivity contribution in [2.24, 2.45) is 5.92 Å². The smallest absolute Gasteiger partial charge is 0.126 e. The number of hydrogen-bond acceptors (Lipinski definition) is 6. The largest absolute Gasteiger partial charge is 0.370 e. The van der Waals surface area contributed by atoms with E-state index in [0.717, 1.165) is 69.5 Å². The summed E-state index contributed by atoms with van der Waals surface area (Å²) in [6.45, 7) is 17.3. The number of aryl methyl sites for hydroxylation is 3. The molecule has 2 fully saturated rings. The first-order valence-corrected chi connectivity index (χ1v) is 15.1. The quantitative estimate of drug-likeness (QED) is 0.357. The maximum atomic E-state index is 4.83. The number of rotatable bonds is 11. The Bertz CT molecular complexity index is 1210. The van der Waals surface area contributed by atoms with E-state index in [1.807, 2.05) is 0 Å². The van der Waals surface area contributed by atoms with E-state index in [1.54, 1.807) is 0 Å². The normalized spacial score (nSPS) is 19.0. The molecule has 0 amide bonds. The zero-order valence-electron chi connectivity index (χ0n) is 24.4. The fraction of sp³-hybridized carbons (Fsp3) is 0.562. The van der Waals surface area contributed by atoms with Crippen molar-refractivity contribution in [3.8, 4) is 5.69 Å². The van der Waals surface area contributed by atoms with Gasteiger partial charge in [0, 0.05) is 62.9 Å². The first-order chi connectivity index (χ1) is 19.0. The number of likely N-dealkylation sites (tertiary alicyclic amines) is 1. The van der Waals surface area contributed by atoms with Gasteiger partial charge < -0.3 is 20.4 Å². The Morgan fingerprint density at radius 1 is 1.03 bits per heavy atom. The second-order valence-corrected chi connectivity index (χ2v) is 11.5. The lowest BCUT2D eigenvalue weighted by Crippen LogP contribution is -2.43. The Kier molecular flexibility index (Phi) is 9.20. The molecule has 3 aromatic rings. The van der Waals surface area contributed by atoms with E-state index in [0.29, 0.717) is 5.92 Å². The van der Waals surface area contributed by atoms with Gasteiger partial charge in [-0.25, -0.2) is 9.67 Å². The second-order valence-electron chi connectivity index (χ2n) is 11.5. The van der Waals surface area contributed by atoms with Crippen molar-refractivity contribution in [3.05, 3.63) is 65.1 Å². The van der Waals surface area contributed by atoms with Crippen LogP contribution < -0.4 is 15.5 Å². The lowest BCUT2D eigenvalue weighted by molar-refractivity contribution is 0.296. The van der Waals surface area contributed by atoms with Crippen LogP contribution in [0.1, 0.15) is 61.7 Å².